The van der Waals surface area contributed by atoms with Crippen LogP contribution in [-0.4, -0.2) is 58.5 Å². The van der Waals surface area contributed by atoms with E-state index in [1.807, 2.05) is 44.2 Å². The minimum absolute atomic E-state index is 0.0374. The molecule has 2 heterocycles. The zero-order valence-corrected chi connectivity index (χ0v) is 17.4. The summed E-state index contributed by atoms with van der Waals surface area (Å²) in [6.07, 6.45) is 2.73. The molecule has 1 saturated heterocycles. The molecule has 3 rings (SSSR count). The average Bonchev–Trinajstić information content (AvgIpc) is 2.98. The summed E-state index contributed by atoms with van der Waals surface area (Å²) in [4.78, 5) is 26.0. The molecule has 7 nitrogen and oxygen atoms in total. The maximum absolute atomic E-state index is 12.3. The Morgan fingerprint density at radius 3 is 2.55 bits per heavy atom. The van der Waals surface area contributed by atoms with Crippen molar-refractivity contribution in [2.24, 2.45) is 0 Å². The lowest BCUT2D eigenvalue weighted by atomic mass is 10.2. The summed E-state index contributed by atoms with van der Waals surface area (Å²) in [6, 6.07) is 9.47. The summed E-state index contributed by atoms with van der Waals surface area (Å²) >= 11 is 6.43. The fraction of sp³-hybridized carbons (Fsp3) is 0.381. The van der Waals surface area contributed by atoms with Gasteiger partial charge in [-0.15, -0.1) is 0 Å². The van der Waals surface area contributed by atoms with Gasteiger partial charge in [0.15, 0.2) is 6.61 Å². The van der Waals surface area contributed by atoms with Gasteiger partial charge in [-0.25, -0.2) is 9.48 Å². The van der Waals surface area contributed by atoms with E-state index in [1.54, 1.807) is 22.6 Å². The first-order chi connectivity index (χ1) is 13.8. The van der Waals surface area contributed by atoms with Crippen LogP contribution in [0.1, 0.15) is 25.1 Å². The van der Waals surface area contributed by atoms with E-state index in [1.165, 1.54) is 6.08 Å². The van der Waals surface area contributed by atoms with Crippen LogP contribution in [0.3, 0.4) is 0 Å². The van der Waals surface area contributed by atoms with Gasteiger partial charge in [-0.1, -0.05) is 29.8 Å². The first kappa shape index (κ1) is 21.1. The van der Waals surface area contributed by atoms with E-state index in [0.29, 0.717) is 29.5 Å². The Morgan fingerprint density at radius 2 is 1.90 bits per heavy atom. The largest absolute Gasteiger partial charge is 0.452 e. The van der Waals surface area contributed by atoms with Crippen molar-refractivity contribution in [1.82, 2.24) is 14.7 Å². The highest BCUT2D eigenvalue weighted by atomic mass is 35.5. The first-order valence-corrected chi connectivity index (χ1v) is 9.81. The van der Waals surface area contributed by atoms with Gasteiger partial charge in [0.05, 0.1) is 23.6 Å². The molecule has 0 unspecified atom stereocenters. The Bertz CT molecular complexity index is 900. The number of benzene rings is 1. The van der Waals surface area contributed by atoms with Gasteiger partial charge >= 0.3 is 5.97 Å². The second-order valence-corrected chi connectivity index (χ2v) is 7.39. The Morgan fingerprint density at radius 1 is 1.24 bits per heavy atom. The van der Waals surface area contributed by atoms with Crippen molar-refractivity contribution in [2.75, 3.05) is 19.7 Å². The molecule has 0 saturated carbocycles. The number of rotatable bonds is 5. The summed E-state index contributed by atoms with van der Waals surface area (Å²) < 4.78 is 12.3. The highest BCUT2D eigenvalue weighted by molar-refractivity contribution is 6.31. The zero-order chi connectivity index (χ0) is 21.0. The molecule has 8 heteroatoms. The lowest BCUT2D eigenvalue weighted by Gasteiger charge is -2.35. The number of ether oxygens (including phenoxy) is 2. The minimum Gasteiger partial charge on any atom is -0.452 e. The Hall–Kier alpha value is -2.64. The fourth-order valence-electron chi connectivity index (χ4n) is 3.25. The quantitative estimate of drug-likeness (QED) is 0.552. The zero-order valence-electron chi connectivity index (χ0n) is 16.7. The third-order valence-electron chi connectivity index (χ3n) is 4.55. The van der Waals surface area contributed by atoms with Crippen molar-refractivity contribution in [2.45, 2.75) is 33.0 Å². The van der Waals surface area contributed by atoms with Crippen molar-refractivity contribution in [3.8, 4) is 5.69 Å². The number of hydrogen-bond donors (Lipinski definition) is 0. The lowest BCUT2D eigenvalue weighted by Crippen LogP contribution is -2.49. The maximum atomic E-state index is 12.3. The summed E-state index contributed by atoms with van der Waals surface area (Å²) in [7, 11) is 0. The molecular weight excluding hydrogens is 394 g/mol. The number of aromatic nitrogens is 2. The van der Waals surface area contributed by atoms with Gasteiger partial charge in [0, 0.05) is 24.7 Å². The monoisotopic (exact) mass is 417 g/mol. The third kappa shape index (κ3) is 5.25. The van der Waals surface area contributed by atoms with Crippen molar-refractivity contribution in [1.29, 1.82) is 0 Å². The van der Waals surface area contributed by atoms with Gasteiger partial charge in [0.2, 0.25) is 0 Å². The molecule has 2 atom stereocenters. The molecule has 1 aromatic heterocycles. The number of amides is 1. The van der Waals surface area contributed by atoms with E-state index in [9.17, 15) is 9.59 Å². The number of para-hydroxylation sites is 1. The number of carbonyl (C=O) groups is 2. The van der Waals surface area contributed by atoms with E-state index in [0.717, 1.165) is 5.69 Å². The number of hydrogen-bond acceptors (Lipinski definition) is 5. The fourth-order valence-corrected chi connectivity index (χ4v) is 3.58. The van der Waals surface area contributed by atoms with E-state index < -0.39 is 5.97 Å². The van der Waals surface area contributed by atoms with Crippen LogP contribution in [0.2, 0.25) is 5.15 Å². The summed E-state index contributed by atoms with van der Waals surface area (Å²) in [5.41, 5.74) is 2.12. The smallest absolute Gasteiger partial charge is 0.331 e. The van der Waals surface area contributed by atoms with Crippen LogP contribution in [-0.2, 0) is 19.1 Å². The topological polar surface area (TPSA) is 73.7 Å². The molecule has 0 radical (unpaired) electrons. The van der Waals surface area contributed by atoms with Crippen LogP contribution >= 0.6 is 11.6 Å². The molecule has 0 bridgehead atoms. The van der Waals surface area contributed by atoms with Gasteiger partial charge in [0.1, 0.15) is 5.15 Å². The predicted octanol–water partition coefficient (Wildman–Crippen LogP) is 3.03. The normalized spacial score (nSPS) is 19.5. The van der Waals surface area contributed by atoms with Crippen molar-refractivity contribution in [3.05, 3.63) is 52.8 Å². The number of halogens is 1. The average molecular weight is 418 g/mol. The molecule has 0 spiro atoms. The van der Waals surface area contributed by atoms with Gasteiger partial charge in [0.25, 0.3) is 5.91 Å². The molecule has 2 aromatic rings. The minimum atomic E-state index is -0.615. The molecule has 1 fully saturated rings. The van der Waals surface area contributed by atoms with Gasteiger partial charge < -0.3 is 14.4 Å². The number of nitrogens with zero attached hydrogens (tertiary/aromatic N) is 3. The lowest BCUT2D eigenvalue weighted by molar-refractivity contribution is -0.154. The van der Waals surface area contributed by atoms with E-state index >= 15 is 0 Å². The van der Waals surface area contributed by atoms with Gasteiger partial charge in [-0.2, -0.15) is 5.10 Å². The van der Waals surface area contributed by atoms with Crippen molar-refractivity contribution >= 4 is 29.6 Å². The highest BCUT2D eigenvalue weighted by Gasteiger charge is 2.26. The van der Waals surface area contributed by atoms with Crippen LogP contribution in [0.5, 0.6) is 0 Å². The Balaban J connectivity index is 1.60. The molecule has 1 aliphatic heterocycles. The number of carbonyl (C=O) groups excluding carboxylic acids is 2. The van der Waals surface area contributed by atoms with Crippen LogP contribution < -0.4 is 0 Å². The SMILES string of the molecule is Cc1nn(-c2ccccc2)c(Cl)c1/C=C/C(=O)OCC(=O)N1C[C@@H](C)O[C@H](C)C1. The molecule has 29 heavy (non-hydrogen) atoms. The second-order valence-electron chi connectivity index (χ2n) is 7.03. The summed E-state index contributed by atoms with van der Waals surface area (Å²) in [5.74, 6) is -0.851. The summed E-state index contributed by atoms with van der Waals surface area (Å²) in [6.45, 7) is 6.30. The van der Waals surface area contributed by atoms with E-state index in [4.69, 9.17) is 21.1 Å². The molecule has 1 aromatic carbocycles. The number of esters is 1. The molecule has 0 aliphatic carbocycles. The molecule has 1 amide bonds. The van der Waals surface area contributed by atoms with Crippen LogP contribution in [0, 0.1) is 6.92 Å². The van der Waals surface area contributed by atoms with Crippen molar-refractivity contribution < 1.29 is 19.1 Å². The first-order valence-electron chi connectivity index (χ1n) is 9.43. The number of aryl methyl sites for hydroxylation is 1. The molecule has 0 N–H and O–H groups in total. The van der Waals surface area contributed by atoms with E-state index in [2.05, 4.69) is 5.10 Å². The third-order valence-corrected chi connectivity index (χ3v) is 4.91. The van der Waals surface area contributed by atoms with Crippen LogP contribution in [0.15, 0.2) is 36.4 Å². The molecule has 154 valence electrons. The highest BCUT2D eigenvalue weighted by Crippen LogP contribution is 2.24. The summed E-state index contributed by atoms with van der Waals surface area (Å²) in [5, 5.41) is 4.81. The Kier molecular flexibility index (Phi) is 6.71. The molecular formula is C21H24ClN3O4. The number of morpholine rings is 1. The van der Waals surface area contributed by atoms with Gasteiger partial charge in [-0.3, -0.25) is 4.79 Å². The maximum Gasteiger partial charge on any atom is 0.331 e. The van der Waals surface area contributed by atoms with Gasteiger partial charge in [-0.05, 0) is 39.0 Å². The van der Waals surface area contributed by atoms with Crippen LogP contribution in [0.25, 0.3) is 11.8 Å². The van der Waals surface area contributed by atoms with E-state index in [-0.39, 0.29) is 24.7 Å². The standard InChI is InChI=1S/C21H24ClN3O4/c1-14-11-24(12-15(2)29-14)19(26)13-28-20(27)10-9-18-16(3)23-25(21(18)22)17-7-5-4-6-8-17/h4-10,14-15H,11-13H2,1-3H3/b10-9+/t14-,15-/m1/s1. The molecule has 1 aliphatic rings. The predicted molar refractivity (Wildman–Crippen MR) is 110 cm³/mol. The second kappa shape index (κ2) is 9.24. The Labute approximate surface area is 174 Å². The van der Waals surface area contributed by atoms with Crippen molar-refractivity contribution in [3.63, 3.8) is 0 Å². The van der Waals surface area contributed by atoms with Crippen LogP contribution in [0.4, 0.5) is 0 Å².